The van der Waals surface area contributed by atoms with Crippen LogP contribution < -0.4 is 0 Å². The predicted octanol–water partition coefficient (Wildman–Crippen LogP) is 4.27. The van der Waals surface area contributed by atoms with Crippen LogP contribution in [-0.2, 0) is 0 Å². The molecule has 0 N–H and O–H groups in total. The summed E-state index contributed by atoms with van der Waals surface area (Å²) >= 11 is 0. The van der Waals surface area contributed by atoms with Crippen molar-refractivity contribution in [3.8, 4) is 0 Å². The molecule has 1 rings (SSSR count). The van der Waals surface area contributed by atoms with Crippen LogP contribution in [0.15, 0.2) is 12.2 Å². The van der Waals surface area contributed by atoms with Crippen molar-refractivity contribution in [2.75, 3.05) is 0 Å². The average molecular weight is 190 g/mol. The molecular weight excluding hydrogens is 170 g/mol. The van der Waals surface area contributed by atoms with Gasteiger partial charge in [-0.2, -0.15) is 0 Å². The van der Waals surface area contributed by atoms with Gasteiger partial charge in [0.15, 0.2) is 0 Å². The van der Waals surface area contributed by atoms with Crippen LogP contribution >= 0.6 is 0 Å². The Morgan fingerprint density at radius 3 is 1.08 bits per heavy atom. The number of hydrogen-bond acceptors (Lipinski definition) is 0. The standard InChI is InChI=1S/C9H14F2.C2H6/c1-7(2)5-6-8(3,4)9(7,10)11;1-2/h5-6H,1-4H3;1-2H3. The zero-order chi connectivity index (χ0) is 10.9. The molecule has 0 aliphatic heterocycles. The van der Waals surface area contributed by atoms with E-state index in [1.807, 2.05) is 13.8 Å². The first-order valence-corrected chi connectivity index (χ1v) is 4.79. The van der Waals surface area contributed by atoms with Gasteiger partial charge in [-0.15, -0.1) is 0 Å². The smallest absolute Gasteiger partial charge is 0.205 e. The molecule has 0 bridgehead atoms. The minimum absolute atomic E-state index is 0.990. The molecule has 0 saturated heterocycles. The lowest BCUT2D eigenvalue weighted by Gasteiger charge is -2.35. The first kappa shape index (κ1) is 12.6. The Balaban J connectivity index is 0.000000671. The van der Waals surface area contributed by atoms with Gasteiger partial charge in [-0.25, -0.2) is 8.78 Å². The van der Waals surface area contributed by atoms with Gasteiger partial charge in [0.2, 0.25) is 0 Å². The highest BCUT2D eigenvalue weighted by Crippen LogP contribution is 2.55. The molecule has 0 atom stereocenters. The highest BCUT2D eigenvalue weighted by atomic mass is 19.3. The highest BCUT2D eigenvalue weighted by Gasteiger charge is 2.58. The van der Waals surface area contributed by atoms with E-state index in [4.69, 9.17) is 0 Å². The van der Waals surface area contributed by atoms with Crippen molar-refractivity contribution < 1.29 is 8.78 Å². The molecule has 2 heteroatoms. The van der Waals surface area contributed by atoms with Crippen molar-refractivity contribution in [1.29, 1.82) is 0 Å². The van der Waals surface area contributed by atoms with Crippen LogP contribution in [0.4, 0.5) is 8.78 Å². The van der Waals surface area contributed by atoms with E-state index in [1.165, 1.54) is 0 Å². The fraction of sp³-hybridized carbons (Fsp3) is 0.818. The summed E-state index contributed by atoms with van der Waals surface area (Å²) in [7, 11) is 0. The van der Waals surface area contributed by atoms with Gasteiger partial charge in [0.1, 0.15) is 0 Å². The summed E-state index contributed by atoms with van der Waals surface area (Å²) in [6.07, 6.45) is 3.21. The molecule has 78 valence electrons. The zero-order valence-electron chi connectivity index (χ0n) is 9.41. The van der Waals surface area contributed by atoms with Gasteiger partial charge in [0.05, 0.1) is 0 Å². The van der Waals surface area contributed by atoms with Gasteiger partial charge in [-0.05, 0) is 0 Å². The number of alkyl halides is 2. The van der Waals surface area contributed by atoms with Gasteiger partial charge < -0.3 is 0 Å². The summed E-state index contributed by atoms with van der Waals surface area (Å²) in [5.41, 5.74) is -1.98. The predicted molar refractivity (Wildman–Crippen MR) is 53.0 cm³/mol. The molecule has 0 aromatic heterocycles. The molecule has 1 aliphatic rings. The first-order valence-electron chi connectivity index (χ1n) is 4.79. The van der Waals surface area contributed by atoms with Gasteiger partial charge >= 0.3 is 0 Å². The van der Waals surface area contributed by atoms with Crippen LogP contribution in [0.25, 0.3) is 0 Å². The normalized spacial score (nSPS) is 26.5. The topological polar surface area (TPSA) is 0 Å². The molecule has 0 heterocycles. The lowest BCUT2D eigenvalue weighted by molar-refractivity contribution is -0.136. The minimum atomic E-state index is -2.62. The Morgan fingerprint density at radius 1 is 0.769 bits per heavy atom. The summed E-state index contributed by atoms with van der Waals surface area (Å²) < 4.78 is 26.9. The van der Waals surface area contributed by atoms with E-state index in [2.05, 4.69) is 0 Å². The van der Waals surface area contributed by atoms with Gasteiger partial charge in [0, 0.05) is 10.8 Å². The van der Waals surface area contributed by atoms with Crippen molar-refractivity contribution in [2.24, 2.45) is 10.8 Å². The van der Waals surface area contributed by atoms with Crippen molar-refractivity contribution in [2.45, 2.75) is 47.5 Å². The van der Waals surface area contributed by atoms with Crippen LogP contribution in [0.5, 0.6) is 0 Å². The molecule has 0 saturated carbocycles. The number of halogens is 2. The van der Waals surface area contributed by atoms with Crippen LogP contribution in [-0.4, -0.2) is 5.92 Å². The molecule has 0 unspecified atom stereocenters. The lowest BCUT2D eigenvalue weighted by Crippen LogP contribution is -2.41. The molecule has 0 spiro atoms. The molecular formula is C11H20F2. The van der Waals surface area contributed by atoms with Crippen LogP contribution in [0.1, 0.15) is 41.5 Å². The van der Waals surface area contributed by atoms with Crippen molar-refractivity contribution >= 4 is 0 Å². The fourth-order valence-electron chi connectivity index (χ4n) is 1.46. The number of allylic oxidation sites excluding steroid dienone is 2. The maximum absolute atomic E-state index is 13.4. The van der Waals surface area contributed by atoms with Crippen molar-refractivity contribution in [3.05, 3.63) is 12.2 Å². The molecule has 0 aromatic rings. The molecule has 0 aromatic carbocycles. The van der Waals surface area contributed by atoms with Crippen molar-refractivity contribution in [1.82, 2.24) is 0 Å². The summed E-state index contributed by atoms with van der Waals surface area (Å²) in [6, 6.07) is 0. The second kappa shape index (κ2) is 3.39. The van der Waals surface area contributed by atoms with E-state index in [0.717, 1.165) is 0 Å². The van der Waals surface area contributed by atoms with Crippen molar-refractivity contribution in [3.63, 3.8) is 0 Å². The third kappa shape index (κ3) is 1.77. The maximum atomic E-state index is 13.4. The Kier molecular flexibility index (Phi) is 3.29. The minimum Gasteiger partial charge on any atom is -0.205 e. The zero-order valence-corrected chi connectivity index (χ0v) is 9.41. The quantitative estimate of drug-likeness (QED) is 0.500. The van der Waals surface area contributed by atoms with E-state index in [1.54, 1.807) is 39.8 Å². The van der Waals surface area contributed by atoms with E-state index in [0.29, 0.717) is 0 Å². The third-order valence-corrected chi connectivity index (χ3v) is 2.54. The van der Waals surface area contributed by atoms with E-state index >= 15 is 0 Å². The third-order valence-electron chi connectivity index (χ3n) is 2.54. The Hall–Kier alpha value is -0.400. The SMILES string of the molecule is CC.CC1(C)C=CC(C)(C)C1(F)F. The molecule has 1 aliphatic carbocycles. The van der Waals surface area contributed by atoms with Gasteiger partial charge in [-0.1, -0.05) is 53.7 Å². The van der Waals surface area contributed by atoms with E-state index in [-0.39, 0.29) is 0 Å². The average Bonchev–Trinajstić information content (AvgIpc) is 2.16. The largest absolute Gasteiger partial charge is 0.264 e. The van der Waals surface area contributed by atoms with Crippen LogP contribution in [0.2, 0.25) is 0 Å². The number of hydrogen-bond donors (Lipinski definition) is 0. The monoisotopic (exact) mass is 190 g/mol. The Morgan fingerprint density at radius 2 is 1.00 bits per heavy atom. The molecule has 0 fully saturated rings. The fourth-order valence-corrected chi connectivity index (χ4v) is 1.46. The van der Waals surface area contributed by atoms with Crippen LogP contribution in [0.3, 0.4) is 0 Å². The summed E-state index contributed by atoms with van der Waals surface area (Å²) in [4.78, 5) is 0. The summed E-state index contributed by atoms with van der Waals surface area (Å²) in [6.45, 7) is 10.3. The Bertz CT molecular complexity index is 180. The lowest BCUT2D eigenvalue weighted by atomic mass is 9.78. The highest BCUT2D eigenvalue weighted by molar-refractivity contribution is 5.21. The molecule has 0 nitrogen and oxygen atoms in total. The van der Waals surface area contributed by atoms with Crippen LogP contribution in [0, 0.1) is 10.8 Å². The number of rotatable bonds is 0. The maximum Gasteiger partial charge on any atom is 0.264 e. The Labute approximate surface area is 80.0 Å². The second-order valence-electron chi connectivity index (χ2n) is 4.35. The second-order valence-corrected chi connectivity index (χ2v) is 4.35. The summed E-state index contributed by atoms with van der Waals surface area (Å²) in [5.74, 6) is -2.62. The van der Waals surface area contributed by atoms with E-state index in [9.17, 15) is 8.78 Å². The van der Waals surface area contributed by atoms with E-state index < -0.39 is 16.8 Å². The molecule has 0 radical (unpaired) electrons. The first-order chi connectivity index (χ1) is 5.71. The molecule has 13 heavy (non-hydrogen) atoms. The molecule has 0 amide bonds. The summed E-state index contributed by atoms with van der Waals surface area (Å²) in [5, 5.41) is 0. The van der Waals surface area contributed by atoms with Gasteiger partial charge in [-0.3, -0.25) is 0 Å². The van der Waals surface area contributed by atoms with Gasteiger partial charge in [0.25, 0.3) is 5.92 Å².